The number of hydrogen-bond donors (Lipinski definition) is 1. The standard InChI is InChI=1S/C24H27F5N4O2S2/c25-22(26)6-1-7-32(12-22)20-11-30-21(36-20)16-3-2-15-9-18-4-5-19(10-17(15)8-16)23(18)13-33(14-24(27,28)29)37(34,35)31-23/h2-3,10-11,18-19,31H,1,4-9,12-14H2/t18-,19+,23+/m0/s1. The van der Waals surface area contributed by atoms with Gasteiger partial charge >= 0.3 is 6.18 Å². The summed E-state index contributed by atoms with van der Waals surface area (Å²) in [7, 11) is -4.24. The van der Waals surface area contributed by atoms with E-state index in [0.29, 0.717) is 41.5 Å². The normalized spacial score (nSPS) is 33.1. The predicted molar refractivity (Wildman–Crippen MR) is 131 cm³/mol. The van der Waals surface area contributed by atoms with Crippen molar-refractivity contribution in [2.24, 2.45) is 11.8 Å². The summed E-state index contributed by atoms with van der Waals surface area (Å²) in [6.45, 7) is -1.44. The Labute approximate surface area is 216 Å². The molecule has 6 nitrogen and oxygen atoms in total. The molecule has 3 fully saturated rings. The Bertz CT molecular complexity index is 1300. The van der Waals surface area contributed by atoms with Crippen LogP contribution >= 0.6 is 11.3 Å². The molecule has 3 aliphatic carbocycles. The molecule has 37 heavy (non-hydrogen) atoms. The molecule has 1 N–H and O–H groups in total. The fourth-order valence-corrected chi connectivity index (χ4v) is 9.25. The molecule has 1 aromatic heterocycles. The number of hydrogen-bond acceptors (Lipinski definition) is 5. The molecule has 1 saturated carbocycles. The first kappa shape index (κ1) is 25.4. The van der Waals surface area contributed by atoms with E-state index in [1.165, 1.54) is 11.3 Å². The second-order valence-corrected chi connectivity index (χ2v) is 13.4. The molecular weight excluding hydrogens is 535 g/mol. The Hall–Kier alpha value is -1.83. The number of nitrogens with zero attached hydrogens (tertiary/aromatic N) is 3. The summed E-state index contributed by atoms with van der Waals surface area (Å²) in [5.74, 6) is -3.02. The Morgan fingerprint density at radius 2 is 1.92 bits per heavy atom. The maximum Gasteiger partial charge on any atom is 0.402 e. The highest BCUT2D eigenvalue weighted by Crippen LogP contribution is 2.53. The van der Waals surface area contributed by atoms with Gasteiger partial charge in [0.05, 0.1) is 18.3 Å². The van der Waals surface area contributed by atoms with Crippen LogP contribution in [0.1, 0.15) is 43.5 Å². The van der Waals surface area contributed by atoms with Crippen LogP contribution in [-0.4, -0.2) is 61.5 Å². The number of allylic oxidation sites excluding steroid dienone is 5. The summed E-state index contributed by atoms with van der Waals surface area (Å²) in [5.41, 5.74) is 2.10. The smallest absolute Gasteiger partial charge is 0.356 e. The summed E-state index contributed by atoms with van der Waals surface area (Å²) in [5, 5.41) is 1.46. The van der Waals surface area contributed by atoms with Gasteiger partial charge in [-0.05, 0) is 54.2 Å². The lowest BCUT2D eigenvalue weighted by molar-refractivity contribution is -0.136. The molecule has 0 radical (unpaired) electrons. The molecule has 0 amide bonds. The molecule has 2 aliphatic heterocycles. The highest BCUT2D eigenvalue weighted by atomic mass is 32.2. The predicted octanol–water partition coefficient (Wildman–Crippen LogP) is 4.90. The Balaban J connectivity index is 1.24. The molecule has 5 aliphatic rings. The number of halogens is 5. The topological polar surface area (TPSA) is 65.5 Å². The minimum Gasteiger partial charge on any atom is -0.356 e. The van der Waals surface area contributed by atoms with Crippen molar-refractivity contribution in [3.05, 3.63) is 40.6 Å². The maximum absolute atomic E-state index is 13.9. The van der Waals surface area contributed by atoms with E-state index in [9.17, 15) is 30.4 Å². The van der Waals surface area contributed by atoms with Crippen molar-refractivity contribution in [2.45, 2.75) is 56.2 Å². The number of fused-ring (bicyclic) bond motifs is 1. The molecule has 202 valence electrons. The molecule has 6 rings (SSSR count). The molecule has 0 unspecified atom stereocenters. The average molecular weight is 563 g/mol. The second kappa shape index (κ2) is 8.59. The Kier molecular flexibility index (Phi) is 5.91. The van der Waals surface area contributed by atoms with Crippen LogP contribution < -0.4 is 9.62 Å². The van der Waals surface area contributed by atoms with Gasteiger partial charge in [-0.15, -0.1) is 0 Å². The van der Waals surface area contributed by atoms with Crippen molar-refractivity contribution in [3.63, 3.8) is 0 Å². The first-order valence-corrected chi connectivity index (χ1v) is 14.6. The van der Waals surface area contributed by atoms with Gasteiger partial charge in [0.15, 0.2) is 0 Å². The SMILES string of the molecule is O=S1(=O)N[C@]2(CN1CC(F)(F)F)[C@H]1CC[C@@H]2C=C2CC(c3ncc(N4CCCC(F)(F)C4)s3)=CC=C2C1. The van der Waals surface area contributed by atoms with Crippen LogP contribution in [0.5, 0.6) is 0 Å². The van der Waals surface area contributed by atoms with Crippen molar-refractivity contribution >= 4 is 32.1 Å². The minimum atomic E-state index is -4.62. The quantitative estimate of drug-likeness (QED) is 0.533. The fourth-order valence-electron chi connectivity index (χ4n) is 6.60. The van der Waals surface area contributed by atoms with Gasteiger partial charge in [0, 0.05) is 25.9 Å². The number of nitrogens with one attached hydrogen (secondary N) is 1. The Morgan fingerprint density at radius 3 is 2.68 bits per heavy atom. The molecular formula is C24H27F5N4O2S2. The van der Waals surface area contributed by atoms with Gasteiger partial charge in [-0.3, -0.25) is 0 Å². The number of anilines is 1. The van der Waals surface area contributed by atoms with E-state index < -0.39 is 34.4 Å². The van der Waals surface area contributed by atoms with Crippen molar-refractivity contribution in [2.75, 3.05) is 31.1 Å². The Morgan fingerprint density at radius 1 is 1.14 bits per heavy atom. The lowest BCUT2D eigenvalue weighted by Crippen LogP contribution is -2.51. The van der Waals surface area contributed by atoms with Crippen LogP contribution in [0.3, 0.4) is 0 Å². The van der Waals surface area contributed by atoms with E-state index in [1.54, 1.807) is 11.1 Å². The third kappa shape index (κ3) is 4.65. The zero-order valence-corrected chi connectivity index (χ0v) is 21.5. The third-order valence-electron chi connectivity index (χ3n) is 8.29. The fraction of sp³-hybridized carbons (Fsp3) is 0.625. The molecule has 0 aromatic carbocycles. The zero-order valence-electron chi connectivity index (χ0n) is 19.9. The van der Waals surface area contributed by atoms with E-state index in [2.05, 4.69) is 9.71 Å². The van der Waals surface area contributed by atoms with Crippen LogP contribution in [0, 0.1) is 11.8 Å². The first-order valence-electron chi connectivity index (χ1n) is 12.4. The van der Waals surface area contributed by atoms with Gasteiger partial charge in [-0.25, -0.2) is 13.8 Å². The van der Waals surface area contributed by atoms with Crippen LogP contribution in [0.2, 0.25) is 0 Å². The monoisotopic (exact) mass is 562 g/mol. The maximum atomic E-state index is 13.9. The van der Waals surface area contributed by atoms with Crippen LogP contribution in [0.25, 0.3) is 5.57 Å². The van der Waals surface area contributed by atoms with Gasteiger partial charge in [-0.2, -0.15) is 30.6 Å². The minimum absolute atomic E-state index is 0.101. The van der Waals surface area contributed by atoms with Crippen LogP contribution in [0.4, 0.5) is 27.0 Å². The zero-order chi connectivity index (χ0) is 26.2. The van der Waals surface area contributed by atoms with E-state index in [4.69, 9.17) is 0 Å². The second-order valence-electron chi connectivity index (χ2n) is 10.8. The molecule has 1 spiro atoms. The number of rotatable bonds is 3. The highest BCUT2D eigenvalue weighted by molar-refractivity contribution is 7.87. The van der Waals surface area contributed by atoms with Crippen LogP contribution in [-0.2, 0) is 10.2 Å². The van der Waals surface area contributed by atoms with Gasteiger partial charge in [-0.1, -0.05) is 29.6 Å². The number of piperidine rings is 1. The van der Waals surface area contributed by atoms with E-state index in [0.717, 1.165) is 28.1 Å². The molecule has 1 aromatic rings. The largest absolute Gasteiger partial charge is 0.402 e. The van der Waals surface area contributed by atoms with Crippen molar-refractivity contribution < 1.29 is 30.4 Å². The van der Waals surface area contributed by atoms with E-state index in [-0.39, 0.29) is 31.3 Å². The summed E-state index contributed by atoms with van der Waals surface area (Å²) >= 11 is 1.38. The number of thiazole rings is 1. The molecule has 2 saturated heterocycles. The molecule has 13 heteroatoms. The van der Waals surface area contributed by atoms with Gasteiger partial charge in [0.25, 0.3) is 16.1 Å². The van der Waals surface area contributed by atoms with Gasteiger partial charge < -0.3 is 4.90 Å². The lowest BCUT2D eigenvalue weighted by atomic mass is 9.80. The van der Waals surface area contributed by atoms with Crippen LogP contribution in [0.15, 0.2) is 35.6 Å². The van der Waals surface area contributed by atoms with E-state index in [1.807, 2.05) is 18.2 Å². The summed E-state index contributed by atoms with van der Waals surface area (Å²) in [4.78, 5) is 6.19. The highest BCUT2D eigenvalue weighted by Gasteiger charge is 2.60. The van der Waals surface area contributed by atoms with Gasteiger partial charge in [0.2, 0.25) is 0 Å². The van der Waals surface area contributed by atoms with Crippen molar-refractivity contribution in [1.82, 2.24) is 14.0 Å². The number of aromatic nitrogens is 1. The van der Waals surface area contributed by atoms with Gasteiger partial charge in [0.1, 0.15) is 16.6 Å². The molecule has 3 heterocycles. The summed E-state index contributed by atoms with van der Waals surface area (Å²) in [6.07, 6.45) is 5.95. The summed E-state index contributed by atoms with van der Waals surface area (Å²) < 4.78 is 95.6. The summed E-state index contributed by atoms with van der Waals surface area (Å²) in [6, 6.07) is 0. The average Bonchev–Trinajstić information content (AvgIpc) is 3.42. The lowest BCUT2D eigenvalue weighted by Gasteiger charge is -2.33. The number of alkyl halides is 5. The van der Waals surface area contributed by atoms with Crippen molar-refractivity contribution in [1.29, 1.82) is 0 Å². The van der Waals surface area contributed by atoms with E-state index >= 15 is 0 Å². The van der Waals surface area contributed by atoms with Crippen molar-refractivity contribution in [3.8, 4) is 0 Å². The molecule has 3 atom stereocenters. The first-order chi connectivity index (χ1) is 17.3. The third-order valence-corrected chi connectivity index (χ3v) is 11.0. The molecule has 2 bridgehead atoms.